The van der Waals surface area contributed by atoms with Crippen molar-refractivity contribution in [2.75, 3.05) is 6.61 Å². The number of hydrogen-bond acceptors (Lipinski definition) is 4. The normalized spacial score (nSPS) is 34.8. The molecule has 19 heavy (non-hydrogen) atoms. The maximum absolute atomic E-state index is 8.85. The van der Waals surface area contributed by atoms with Crippen molar-refractivity contribution in [3.8, 4) is 0 Å². The molecule has 1 heterocycles. The molecule has 1 unspecified atom stereocenters. The van der Waals surface area contributed by atoms with E-state index in [-0.39, 0.29) is 36.8 Å². The number of nitrogens with zero attached hydrogens (tertiary/aromatic N) is 3. The van der Waals surface area contributed by atoms with Crippen molar-refractivity contribution >= 4 is 7.85 Å². The minimum atomic E-state index is -1.07. The Labute approximate surface area is 115 Å². The molecule has 0 bridgehead atoms. The Morgan fingerprint density at radius 1 is 1.37 bits per heavy atom. The Morgan fingerprint density at radius 3 is 2.47 bits per heavy atom. The van der Waals surface area contributed by atoms with Gasteiger partial charge in [-0.25, -0.2) is 0 Å². The highest BCUT2D eigenvalue weighted by atomic mass is 16.6. The first-order valence-electron chi connectivity index (χ1n) is 6.83. The molecule has 0 aromatic rings. The summed E-state index contributed by atoms with van der Waals surface area (Å²) in [5.41, 5.74) is 7.78. The molecule has 1 saturated heterocycles. The first-order valence-corrected chi connectivity index (χ1v) is 6.83. The second-order valence-electron chi connectivity index (χ2n) is 5.68. The van der Waals surface area contributed by atoms with Gasteiger partial charge < -0.3 is 14.2 Å². The van der Waals surface area contributed by atoms with Gasteiger partial charge in [0.05, 0.1) is 24.9 Å². The summed E-state index contributed by atoms with van der Waals surface area (Å²) >= 11 is 0. The van der Waals surface area contributed by atoms with Crippen LogP contribution in [0.25, 0.3) is 10.4 Å². The van der Waals surface area contributed by atoms with E-state index in [2.05, 4.69) is 10.0 Å². The Hall–Kier alpha value is -0.745. The molecule has 0 saturated carbocycles. The van der Waals surface area contributed by atoms with E-state index in [1.807, 2.05) is 42.5 Å². The lowest BCUT2D eigenvalue weighted by atomic mass is 9.85. The molecule has 1 rings (SSSR count). The summed E-state index contributed by atoms with van der Waals surface area (Å²) in [6, 6.07) is -0.0370. The van der Waals surface area contributed by atoms with E-state index in [1.54, 1.807) is 0 Å². The van der Waals surface area contributed by atoms with E-state index in [9.17, 15) is 0 Å². The maximum Gasteiger partial charge on any atom is 0.195 e. The van der Waals surface area contributed by atoms with Crippen LogP contribution in [-0.2, 0) is 14.2 Å². The molecule has 0 spiro atoms. The monoisotopic (exact) mass is 269 g/mol. The fraction of sp³-hybridized carbons (Fsp3) is 1.00. The lowest BCUT2D eigenvalue weighted by Crippen LogP contribution is -2.46. The number of azide groups is 1. The van der Waals surface area contributed by atoms with Crippen LogP contribution in [0.5, 0.6) is 0 Å². The van der Waals surface area contributed by atoms with E-state index in [0.717, 1.165) is 0 Å². The highest BCUT2D eigenvalue weighted by Gasteiger charge is 2.53. The molecular weight excluding hydrogens is 245 g/mol. The van der Waals surface area contributed by atoms with E-state index in [1.165, 1.54) is 0 Å². The van der Waals surface area contributed by atoms with E-state index in [0.29, 0.717) is 0 Å². The third kappa shape index (κ3) is 3.86. The van der Waals surface area contributed by atoms with Crippen LogP contribution in [-0.4, -0.2) is 44.5 Å². The van der Waals surface area contributed by atoms with Crippen molar-refractivity contribution in [2.24, 2.45) is 11.0 Å². The molecule has 0 aromatic heterocycles. The van der Waals surface area contributed by atoms with Crippen molar-refractivity contribution in [1.29, 1.82) is 0 Å². The van der Waals surface area contributed by atoms with E-state index < -0.39 is 5.72 Å². The van der Waals surface area contributed by atoms with Gasteiger partial charge in [-0.05, 0) is 33.2 Å². The van der Waals surface area contributed by atoms with Gasteiger partial charge >= 0.3 is 0 Å². The minimum Gasteiger partial charge on any atom is -0.376 e. The van der Waals surface area contributed by atoms with Crippen LogP contribution in [0.1, 0.15) is 34.6 Å². The molecule has 6 nitrogen and oxygen atoms in total. The fourth-order valence-electron chi connectivity index (χ4n) is 2.26. The average Bonchev–Trinajstić information content (AvgIpc) is 2.52. The first kappa shape index (κ1) is 16.3. The lowest BCUT2D eigenvalue weighted by Gasteiger charge is -2.32. The van der Waals surface area contributed by atoms with Crippen LogP contribution in [0, 0.1) is 5.92 Å². The SMILES string of the molecule is B[C@@H]1O[C@@](COC(C)C)(N=[N+]=[N-])C(OC(C)C)[C@@H]1C. The molecule has 0 radical (unpaired) electrons. The van der Waals surface area contributed by atoms with Crippen LogP contribution in [0.2, 0.25) is 0 Å². The van der Waals surface area contributed by atoms with Gasteiger partial charge in [-0.3, -0.25) is 0 Å². The zero-order valence-corrected chi connectivity index (χ0v) is 12.7. The molecule has 7 heteroatoms. The summed E-state index contributed by atoms with van der Waals surface area (Å²) in [4.78, 5) is 2.93. The van der Waals surface area contributed by atoms with Crippen molar-refractivity contribution in [2.45, 2.75) is 64.7 Å². The highest BCUT2D eigenvalue weighted by molar-refractivity contribution is 6.11. The zero-order chi connectivity index (χ0) is 14.6. The second-order valence-corrected chi connectivity index (χ2v) is 5.68. The Balaban J connectivity index is 2.99. The number of hydrogen-bond donors (Lipinski definition) is 0. The van der Waals surface area contributed by atoms with Crippen LogP contribution in [0.3, 0.4) is 0 Å². The zero-order valence-electron chi connectivity index (χ0n) is 12.7. The minimum absolute atomic E-state index is 0.0358. The summed E-state index contributed by atoms with van der Waals surface area (Å²) in [7, 11) is 1.96. The average molecular weight is 269 g/mol. The highest BCUT2D eigenvalue weighted by Crippen LogP contribution is 2.39. The third-order valence-corrected chi connectivity index (χ3v) is 3.31. The predicted octanol–water partition coefficient (Wildman–Crippen LogP) is 1.84. The Bertz CT molecular complexity index is 347. The molecule has 108 valence electrons. The predicted molar refractivity (Wildman–Crippen MR) is 75.6 cm³/mol. The summed E-state index contributed by atoms with van der Waals surface area (Å²) in [6.45, 7) is 10.0. The van der Waals surface area contributed by atoms with Crippen LogP contribution < -0.4 is 0 Å². The third-order valence-electron chi connectivity index (χ3n) is 3.31. The Kier molecular flexibility index (Phi) is 5.68. The summed E-state index contributed by atoms with van der Waals surface area (Å²) in [5, 5.41) is 3.87. The summed E-state index contributed by atoms with van der Waals surface area (Å²) in [5.74, 6) is 0.142. The summed E-state index contributed by atoms with van der Waals surface area (Å²) < 4.78 is 17.4. The molecule has 1 aliphatic rings. The van der Waals surface area contributed by atoms with Gasteiger partial charge in [-0.15, -0.1) is 0 Å². The lowest BCUT2D eigenvalue weighted by molar-refractivity contribution is -0.147. The quantitative estimate of drug-likeness (QED) is 0.319. The molecule has 0 aromatic carbocycles. The van der Waals surface area contributed by atoms with E-state index in [4.69, 9.17) is 19.7 Å². The van der Waals surface area contributed by atoms with Crippen LogP contribution >= 0.6 is 0 Å². The van der Waals surface area contributed by atoms with Gasteiger partial charge in [0.15, 0.2) is 5.72 Å². The second kappa shape index (κ2) is 6.61. The number of ether oxygens (including phenoxy) is 3. The Morgan fingerprint density at radius 2 is 2.00 bits per heavy atom. The van der Waals surface area contributed by atoms with Crippen molar-refractivity contribution in [3.05, 3.63) is 10.4 Å². The topological polar surface area (TPSA) is 76.5 Å². The smallest absolute Gasteiger partial charge is 0.195 e. The van der Waals surface area contributed by atoms with Gasteiger partial charge in [0.1, 0.15) is 7.85 Å². The number of rotatable bonds is 6. The molecule has 1 aliphatic heterocycles. The standard InChI is InChI=1S/C12H24BN3O3/c1-7(2)17-6-12(15-16-14)10(18-8(3)4)9(5)11(13)19-12/h7-11H,6,13H2,1-5H3/t9-,10?,11+,12+/m0/s1. The van der Waals surface area contributed by atoms with E-state index >= 15 is 0 Å². The fourth-order valence-corrected chi connectivity index (χ4v) is 2.26. The molecular formula is C12H24BN3O3. The van der Waals surface area contributed by atoms with Gasteiger partial charge in [0, 0.05) is 16.8 Å². The van der Waals surface area contributed by atoms with Crippen LogP contribution in [0.15, 0.2) is 5.11 Å². The van der Waals surface area contributed by atoms with Gasteiger partial charge in [0.25, 0.3) is 0 Å². The molecule has 0 amide bonds. The largest absolute Gasteiger partial charge is 0.376 e. The van der Waals surface area contributed by atoms with Gasteiger partial charge in [-0.1, -0.05) is 12.0 Å². The van der Waals surface area contributed by atoms with Crippen molar-refractivity contribution in [3.63, 3.8) is 0 Å². The van der Waals surface area contributed by atoms with Crippen LogP contribution in [0.4, 0.5) is 0 Å². The first-order chi connectivity index (χ1) is 8.82. The van der Waals surface area contributed by atoms with Gasteiger partial charge in [-0.2, -0.15) is 0 Å². The van der Waals surface area contributed by atoms with Gasteiger partial charge in [0.2, 0.25) is 0 Å². The van der Waals surface area contributed by atoms with Crippen molar-refractivity contribution in [1.82, 2.24) is 0 Å². The molecule has 4 atom stereocenters. The van der Waals surface area contributed by atoms with Crippen molar-refractivity contribution < 1.29 is 14.2 Å². The molecule has 0 N–H and O–H groups in total. The summed E-state index contributed by atoms with van der Waals surface area (Å²) in [6.07, 6.45) is -0.217. The molecule has 1 fully saturated rings. The molecule has 0 aliphatic carbocycles. The maximum atomic E-state index is 8.85.